The van der Waals surface area contributed by atoms with Crippen LogP contribution in [0.15, 0.2) is 0 Å². The van der Waals surface area contributed by atoms with Gasteiger partial charge in [-0.2, -0.15) is 5.10 Å². The molecule has 1 aliphatic carbocycles. The van der Waals surface area contributed by atoms with E-state index in [1.807, 2.05) is 0 Å². The van der Waals surface area contributed by atoms with E-state index in [1.54, 1.807) is 18.7 Å². The summed E-state index contributed by atoms with van der Waals surface area (Å²) in [6.07, 6.45) is 6.17. The minimum absolute atomic E-state index is 0.298. The largest absolute Gasteiger partial charge is 0.477 e. The van der Waals surface area contributed by atoms with Crippen molar-refractivity contribution in [3.05, 3.63) is 11.3 Å². The Morgan fingerprint density at radius 2 is 2.11 bits per heavy atom. The van der Waals surface area contributed by atoms with Gasteiger partial charge in [0, 0.05) is 13.6 Å². The highest BCUT2D eigenvalue weighted by atomic mass is 16.4. The van der Waals surface area contributed by atoms with Gasteiger partial charge in [0.15, 0.2) is 0 Å². The Balaban J connectivity index is 2.17. The molecule has 1 aromatic heterocycles. The van der Waals surface area contributed by atoms with E-state index in [9.17, 15) is 9.90 Å². The first-order valence-corrected chi connectivity index (χ1v) is 7.00. The molecule has 5 heteroatoms. The van der Waals surface area contributed by atoms with Gasteiger partial charge in [0.2, 0.25) is 0 Å². The van der Waals surface area contributed by atoms with Crippen LogP contribution in [0.2, 0.25) is 0 Å². The minimum Gasteiger partial charge on any atom is -0.477 e. The lowest BCUT2D eigenvalue weighted by atomic mass is 9.83. The molecule has 5 nitrogen and oxygen atoms in total. The van der Waals surface area contributed by atoms with Crippen molar-refractivity contribution in [1.29, 1.82) is 0 Å². The summed E-state index contributed by atoms with van der Waals surface area (Å²) in [5.41, 5.74) is 1.19. The van der Waals surface area contributed by atoms with Gasteiger partial charge < -0.3 is 10.4 Å². The Morgan fingerprint density at radius 3 is 2.63 bits per heavy atom. The number of carbonyl (C=O) groups is 1. The number of nitrogens with zero attached hydrogens (tertiary/aromatic N) is 2. The van der Waals surface area contributed by atoms with E-state index < -0.39 is 5.97 Å². The fourth-order valence-corrected chi connectivity index (χ4v) is 3.17. The molecule has 0 unspecified atom stereocenters. The Labute approximate surface area is 114 Å². The van der Waals surface area contributed by atoms with Gasteiger partial charge >= 0.3 is 5.97 Å². The van der Waals surface area contributed by atoms with Crippen molar-refractivity contribution in [3.63, 3.8) is 0 Å². The third-order valence-electron chi connectivity index (χ3n) is 4.48. The number of aryl methyl sites for hydroxylation is 2. The number of rotatable bonds is 5. The third-order valence-corrected chi connectivity index (χ3v) is 4.48. The van der Waals surface area contributed by atoms with E-state index >= 15 is 0 Å². The van der Waals surface area contributed by atoms with Gasteiger partial charge in [-0.1, -0.05) is 19.8 Å². The number of aromatic nitrogens is 2. The number of carboxylic acid groups (broad SMARTS) is 1. The predicted octanol–water partition coefficient (Wildman–Crippen LogP) is 2.81. The van der Waals surface area contributed by atoms with Crippen LogP contribution in [-0.4, -0.2) is 27.4 Å². The predicted molar refractivity (Wildman–Crippen MR) is 74.6 cm³/mol. The Bertz CT molecular complexity index is 473. The number of aromatic carboxylic acids is 1. The van der Waals surface area contributed by atoms with Crippen molar-refractivity contribution in [3.8, 4) is 0 Å². The molecule has 0 spiro atoms. The van der Waals surface area contributed by atoms with E-state index in [-0.39, 0.29) is 0 Å². The molecule has 1 fully saturated rings. The van der Waals surface area contributed by atoms with Crippen LogP contribution in [0.25, 0.3) is 0 Å². The van der Waals surface area contributed by atoms with Crippen molar-refractivity contribution in [2.75, 3.05) is 11.9 Å². The van der Waals surface area contributed by atoms with Crippen molar-refractivity contribution in [2.45, 2.75) is 46.0 Å². The molecule has 1 saturated carbocycles. The number of anilines is 1. The van der Waals surface area contributed by atoms with Crippen LogP contribution in [0.4, 0.5) is 5.82 Å². The monoisotopic (exact) mass is 265 g/mol. The van der Waals surface area contributed by atoms with E-state index in [0.29, 0.717) is 22.5 Å². The first-order valence-electron chi connectivity index (χ1n) is 7.00. The van der Waals surface area contributed by atoms with Gasteiger partial charge in [0.05, 0.1) is 5.69 Å². The first-order chi connectivity index (χ1) is 8.99. The zero-order valence-corrected chi connectivity index (χ0v) is 12.0. The molecule has 0 saturated heterocycles. The molecule has 0 radical (unpaired) electrons. The van der Waals surface area contributed by atoms with Gasteiger partial charge in [-0.3, -0.25) is 4.68 Å². The Morgan fingerprint density at radius 1 is 1.47 bits per heavy atom. The lowest BCUT2D eigenvalue weighted by Crippen LogP contribution is -2.27. The molecule has 19 heavy (non-hydrogen) atoms. The Hall–Kier alpha value is -1.52. The zero-order valence-electron chi connectivity index (χ0n) is 12.0. The summed E-state index contributed by atoms with van der Waals surface area (Å²) in [7, 11) is 1.79. The fourth-order valence-electron chi connectivity index (χ4n) is 3.17. The fraction of sp³-hybridized carbons (Fsp3) is 0.714. The summed E-state index contributed by atoms with van der Waals surface area (Å²) >= 11 is 0. The van der Waals surface area contributed by atoms with Crippen LogP contribution in [0.1, 0.15) is 55.1 Å². The topological polar surface area (TPSA) is 67.2 Å². The van der Waals surface area contributed by atoms with Crippen LogP contribution in [-0.2, 0) is 7.05 Å². The molecule has 2 N–H and O–H groups in total. The smallest absolute Gasteiger partial charge is 0.341 e. The molecule has 0 amide bonds. The molecule has 0 atom stereocenters. The lowest BCUT2D eigenvalue weighted by molar-refractivity contribution is 0.0697. The number of hydrogen-bond acceptors (Lipinski definition) is 3. The molecule has 0 aromatic carbocycles. The summed E-state index contributed by atoms with van der Waals surface area (Å²) in [5.74, 6) is -0.283. The highest BCUT2D eigenvalue weighted by molar-refractivity contribution is 5.94. The van der Waals surface area contributed by atoms with Gasteiger partial charge in [0.25, 0.3) is 0 Å². The van der Waals surface area contributed by atoms with E-state index in [0.717, 1.165) is 13.0 Å². The van der Waals surface area contributed by atoms with Crippen LogP contribution < -0.4 is 5.32 Å². The first kappa shape index (κ1) is 13.9. The molecule has 2 rings (SSSR count). The van der Waals surface area contributed by atoms with Crippen molar-refractivity contribution >= 4 is 11.8 Å². The number of carboxylic acids is 1. The van der Waals surface area contributed by atoms with Gasteiger partial charge in [-0.15, -0.1) is 0 Å². The van der Waals surface area contributed by atoms with E-state index in [1.165, 1.54) is 25.7 Å². The summed E-state index contributed by atoms with van der Waals surface area (Å²) in [5, 5.41) is 16.8. The Kier molecular flexibility index (Phi) is 3.83. The summed E-state index contributed by atoms with van der Waals surface area (Å²) in [6.45, 7) is 4.79. The second kappa shape index (κ2) is 5.23. The van der Waals surface area contributed by atoms with Gasteiger partial charge in [0.1, 0.15) is 11.4 Å². The third kappa shape index (κ3) is 2.60. The van der Waals surface area contributed by atoms with E-state index in [2.05, 4.69) is 17.3 Å². The zero-order chi connectivity index (χ0) is 14.0. The number of nitrogens with one attached hydrogen (secondary N) is 1. The van der Waals surface area contributed by atoms with Crippen molar-refractivity contribution in [2.24, 2.45) is 12.5 Å². The van der Waals surface area contributed by atoms with E-state index in [4.69, 9.17) is 0 Å². The summed E-state index contributed by atoms with van der Waals surface area (Å²) in [4.78, 5) is 11.3. The maximum absolute atomic E-state index is 11.3. The van der Waals surface area contributed by atoms with Gasteiger partial charge in [-0.25, -0.2) is 4.79 Å². The molecule has 1 aliphatic rings. The average Bonchev–Trinajstić information content (AvgIpc) is 2.92. The summed E-state index contributed by atoms with van der Waals surface area (Å²) < 4.78 is 1.64. The average molecular weight is 265 g/mol. The highest BCUT2D eigenvalue weighted by Crippen LogP contribution is 2.41. The SMILES string of the molecule is CCC1(CNc2c(C(=O)O)c(C)nn2C)CCCC1. The molecule has 1 heterocycles. The minimum atomic E-state index is -0.912. The standard InChI is InChI=1S/C14H23N3O2/c1-4-14(7-5-6-8-14)9-15-12-11(13(18)19)10(2)16-17(12)3/h15H,4-9H2,1-3H3,(H,18,19). The number of hydrogen-bond donors (Lipinski definition) is 2. The van der Waals surface area contributed by atoms with Crippen molar-refractivity contribution < 1.29 is 9.90 Å². The molecule has 0 bridgehead atoms. The van der Waals surface area contributed by atoms with Crippen molar-refractivity contribution in [1.82, 2.24) is 9.78 Å². The van der Waals surface area contributed by atoms with Crippen LogP contribution in [0.5, 0.6) is 0 Å². The molecular weight excluding hydrogens is 242 g/mol. The second-order valence-corrected chi connectivity index (χ2v) is 5.65. The van der Waals surface area contributed by atoms with Crippen LogP contribution in [0, 0.1) is 12.3 Å². The lowest BCUT2D eigenvalue weighted by Gasteiger charge is -2.28. The maximum Gasteiger partial charge on any atom is 0.341 e. The van der Waals surface area contributed by atoms with Crippen LogP contribution in [0.3, 0.4) is 0 Å². The maximum atomic E-state index is 11.3. The second-order valence-electron chi connectivity index (χ2n) is 5.65. The van der Waals surface area contributed by atoms with Crippen LogP contribution >= 0.6 is 0 Å². The highest BCUT2D eigenvalue weighted by Gasteiger charge is 2.32. The quantitative estimate of drug-likeness (QED) is 0.859. The normalized spacial score (nSPS) is 17.6. The molecular formula is C14H23N3O2. The molecule has 0 aliphatic heterocycles. The molecule has 106 valence electrons. The molecule has 1 aromatic rings. The van der Waals surface area contributed by atoms with Gasteiger partial charge in [-0.05, 0) is 31.6 Å². The summed E-state index contributed by atoms with van der Waals surface area (Å²) in [6, 6.07) is 0.